The van der Waals surface area contributed by atoms with Crippen molar-refractivity contribution in [3.8, 4) is 5.75 Å². The summed E-state index contributed by atoms with van der Waals surface area (Å²) in [6.07, 6.45) is 0. The Kier molecular flexibility index (Phi) is 4.99. The van der Waals surface area contributed by atoms with Crippen molar-refractivity contribution in [1.82, 2.24) is 5.32 Å². The monoisotopic (exact) mass is 283 g/mol. The van der Waals surface area contributed by atoms with Gasteiger partial charge in [0.2, 0.25) is 5.91 Å². The molecule has 2 rings (SSSR count). The second kappa shape index (κ2) is 6.93. The van der Waals surface area contributed by atoms with Gasteiger partial charge in [0.1, 0.15) is 5.75 Å². The van der Waals surface area contributed by atoms with Gasteiger partial charge in [0.25, 0.3) is 0 Å². The van der Waals surface area contributed by atoms with E-state index in [0.717, 1.165) is 11.1 Å². The molecule has 0 unspecified atom stereocenters. The topological polar surface area (TPSA) is 49.3 Å². The zero-order chi connectivity index (χ0) is 15.2. The van der Waals surface area contributed by atoms with Crippen molar-refractivity contribution in [1.29, 1.82) is 0 Å². The average Bonchev–Trinajstić information content (AvgIpc) is 2.52. The third-order valence-electron chi connectivity index (χ3n) is 3.87. The van der Waals surface area contributed by atoms with E-state index in [-0.39, 0.29) is 23.5 Å². The van der Waals surface area contributed by atoms with Crippen molar-refractivity contribution in [3.63, 3.8) is 0 Å². The van der Waals surface area contributed by atoms with Gasteiger partial charge in [0.05, 0.1) is 0 Å². The van der Waals surface area contributed by atoms with Crippen LogP contribution in [0.25, 0.3) is 0 Å². The second-order valence-corrected chi connectivity index (χ2v) is 5.38. The average molecular weight is 283 g/mol. The van der Waals surface area contributed by atoms with Crippen molar-refractivity contribution in [2.75, 3.05) is 0 Å². The van der Waals surface area contributed by atoms with Gasteiger partial charge in [-0.2, -0.15) is 0 Å². The maximum Gasteiger partial charge on any atom is 0.223 e. The molecule has 0 aromatic heterocycles. The summed E-state index contributed by atoms with van der Waals surface area (Å²) in [5.41, 5.74) is 2.06. The molecule has 1 amide bonds. The van der Waals surface area contributed by atoms with Crippen LogP contribution in [0.1, 0.15) is 30.9 Å². The van der Waals surface area contributed by atoms with Crippen LogP contribution in [-0.2, 0) is 11.3 Å². The van der Waals surface area contributed by atoms with Crippen LogP contribution < -0.4 is 5.32 Å². The minimum Gasteiger partial charge on any atom is -0.508 e. The van der Waals surface area contributed by atoms with Crippen LogP contribution in [0.15, 0.2) is 54.6 Å². The lowest BCUT2D eigenvalue weighted by molar-refractivity contribution is -0.125. The van der Waals surface area contributed by atoms with Crippen molar-refractivity contribution in [2.24, 2.45) is 5.92 Å². The Morgan fingerprint density at radius 1 is 1.10 bits per heavy atom. The van der Waals surface area contributed by atoms with Gasteiger partial charge >= 0.3 is 0 Å². The summed E-state index contributed by atoms with van der Waals surface area (Å²) >= 11 is 0. The fourth-order valence-electron chi connectivity index (χ4n) is 2.27. The first-order chi connectivity index (χ1) is 10.1. The largest absolute Gasteiger partial charge is 0.508 e. The number of hydrogen-bond acceptors (Lipinski definition) is 2. The number of benzene rings is 2. The minimum atomic E-state index is -0.157. The highest BCUT2D eigenvalue weighted by Crippen LogP contribution is 2.26. The van der Waals surface area contributed by atoms with Gasteiger partial charge in [-0.3, -0.25) is 4.79 Å². The van der Waals surface area contributed by atoms with E-state index < -0.39 is 0 Å². The minimum absolute atomic E-state index is 0.0229. The number of carbonyl (C=O) groups is 1. The van der Waals surface area contributed by atoms with Gasteiger partial charge in [-0.15, -0.1) is 0 Å². The molecule has 21 heavy (non-hydrogen) atoms. The van der Waals surface area contributed by atoms with Gasteiger partial charge < -0.3 is 10.4 Å². The molecule has 0 radical (unpaired) electrons. The maximum absolute atomic E-state index is 12.2. The number of amides is 1. The molecule has 0 aliphatic heterocycles. The molecule has 0 bridgehead atoms. The van der Waals surface area contributed by atoms with E-state index in [1.807, 2.05) is 50.2 Å². The van der Waals surface area contributed by atoms with Gasteiger partial charge in [-0.25, -0.2) is 0 Å². The van der Waals surface area contributed by atoms with Crippen LogP contribution in [-0.4, -0.2) is 11.0 Å². The lowest BCUT2D eigenvalue weighted by atomic mass is 9.88. The summed E-state index contributed by atoms with van der Waals surface area (Å²) in [5.74, 6) is 0.148. The summed E-state index contributed by atoms with van der Waals surface area (Å²) in [7, 11) is 0. The maximum atomic E-state index is 12.2. The Bertz CT molecular complexity index is 595. The van der Waals surface area contributed by atoms with E-state index in [0.29, 0.717) is 6.54 Å². The van der Waals surface area contributed by atoms with E-state index >= 15 is 0 Å². The smallest absolute Gasteiger partial charge is 0.223 e. The van der Waals surface area contributed by atoms with E-state index in [4.69, 9.17) is 0 Å². The SMILES string of the molecule is C[C@@H](C(=O)NCc1ccccc1)[C@@H](C)c1cccc(O)c1. The Morgan fingerprint density at radius 3 is 2.48 bits per heavy atom. The number of phenolic OH excluding ortho intramolecular Hbond substituents is 1. The second-order valence-electron chi connectivity index (χ2n) is 5.38. The van der Waals surface area contributed by atoms with Gasteiger partial charge in [-0.1, -0.05) is 56.3 Å². The summed E-state index contributed by atoms with van der Waals surface area (Å²) in [5, 5.41) is 12.5. The molecular weight excluding hydrogens is 262 g/mol. The molecule has 0 heterocycles. The Morgan fingerprint density at radius 2 is 1.81 bits per heavy atom. The predicted molar refractivity (Wildman–Crippen MR) is 84.0 cm³/mol. The number of phenols is 1. The molecule has 110 valence electrons. The van der Waals surface area contributed by atoms with Crippen LogP contribution in [0.2, 0.25) is 0 Å². The zero-order valence-corrected chi connectivity index (χ0v) is 12.4. The van der Waals surface area contributed by atoms with Crippen LogP contribution in [0, 0.1) is 5.92 Å². The molecule has 0 fully saturated rings. The lowest BCUT2D eigenvalue weighted by Crippen LogP contribution is -2.31. The number of carbonyl (C=O) groups excluding carboxylic acids is 1. The lowest BCUT2D eigenvalue weighted by Gasteiger charge is -2.20. The molecule has 0 spiro atoms. The first-order valence-corrected chi connectivity index (χ1v) is 7.18. The molecule has 2 N–H and O–H groups in total. The standard InChI is InChI=1S/C18H21NO2/c1-13(16-9-6-10-17(20)11-16)14(2)18(21)19-12-15-7-4-3-5-8-15/h3-11,13-14,20H,12H2,1-2H3,(H,19,21)/t13-,14-/m1/s1. The van der Waals surface area contributed by atoms with E-state index in [9.17, 15) is 9.90 Å². The highest BCUT2D eigenvalue weighted by Gasteiger charge is 2.21. The third kappa shape index (κ3) is 4.09. The van der Waals surface area contributed by atoms with E-state index in [1.165, 1.54) is 0 Å². The molecule has 0 saturated carbocycles. The summed E-state index contributed by atoms with van der Waals surface area (Å²) < 4.78 is 0. The van der Waals surface area contributed by atoms with E-state index in [1.54, 1.807) is 18.2 Å². The van der Waals surface area contributed by atoms with Crippen LogP contribution >= 0.6 is 0 Å². The zero-order valence-electron chi connectivity index (χ0n) is 12.4. The van der Waals surface area contributed by atoms with Gasteiger partial charge in [0, 0.05) is 12.5 Å². The Balaban J connectivity index is 1.95. The van der Waals surface area contributed by atoms with E-state index in [2.05, 4.69) is 5.32 Å². The summed E-state index contributed by atoms with van der Waals surface area (Å²) in [6, 6.07) is 16.9. The molecule has 3 nitrogen and oxygen atoms in total. The van der Waals surface area contributed by atoms with Crippen molar-refractivity contribution in [2.45, 2.75) is 26.3 Å². The fraction of sp³-hybridized carbons (Fsp3) is 0.278. The van der Waals surface area contributed by atoms with Crippen LogP contribution in [0.4, 0.5) is 0 Å². The van der Waals surface area contributed by atoms with Crippen molar-refractivity contribution < 1.29 is 9.90 Å². The van der Waals surface area contributed by atoms with Crippen LogP contribution in [0.5, 0.6) is 5.75 Å². The summed E-state index contributed by atoms with van der Waals surface area (Å²) in [6.45, 7) is 4.45. The first kappa shape index (κ1) is 15.1. The number of hydrogen-bond donors (Lipinski definition) is 2. The molecule has 2 aromatic carbocycles. The highest BCUT2D eigenvalue weighted by atomic mass is 16.3. The molecule has 2 aromatic rings. The molecule has 0 aliphatic carbocycles. The molecule has 0 saturated heterocycles. The Hall–Kier alpha value is -2.29. The van der Waals surface area contributed by atoms with Crippen LogP contribution in [0.3, 0.4) is 0 Å². The molecule has 0 aliphatic rings. The number of nitrogens with one attached hydrogen (secondary N) is 1. The fourth-order valence-corrected chi connectivity index (χ4v) is 2.27. The summed E-state index contributed by atoms with van der Waals surface area (Å²) in [4.78, 5) is 12.2. The molecular formula is C18H21NO2. The molecule has 3 heteroatoms. The Labute approximate surface area is 125 Å². The third-order valence-corrected chi connectivity index (χ3v) is 3.87. The van der Waals surface area contributed by atoms with Crippen molar-refractivity contribution in [3.05, 3.63) is 65.7 Å². The van der Waals surface area contributed by atoms with Gasteiger partial charge in [0.15, 0.2) is 0 Å². The first-order valence-electron chi connectivity index (χ1n) is 7.18. The number of rotatable bonds is 5. The number of aromatic hydroxyl groups is 1. The normalized spacial score (nSPS) is 13.4. The predicted octanol–water partition coefficient (Wildman–Crippen LogP) is 3.45. The van der Waals surface area contributed by atoms with Crippen molar-refractivity contribution >= 4 is 5.91 Å². The quantitative estimate of drug-likeness (QED) is 0.883. The molecule has 2 atom stereocenters. The van der Waals surface area contributed by atoms with Gasteiger partial charge in [-0.05, 0) is 29.2 Å². The highest BCUT2D eigenvalue weighted by molar-refractivity contribution is 5.79.